The molecule has 1 aliphatic rings. The van der Waals surface area contributed by atoms with Crippen molar-refractivity contribution in [2.45, 2.75) is 50.9 Å². The number of nitrogens with zero attached hydrogens (tertiary/aromatic N) is 1. The summed E-state index contributed by atoms with van der Waals surface area (Å²) in [5, 5.41) is 0. The van der Waals surface area contributed by atoms with E-state index in [2.05, 4.69) is 32.6 Å². The Balaban J connectivity index is 2.46. The Morgan fingerprint density at radius 1 is 1.30 bits per heavy atom. The molecular weight excluding hydrogens is 255 g/mol. The monoisotopic (exact) mass is 280 g/mol. The van der Waals surface area contributed by atoms with Gasteiger partial charge in [-0.2, -0.15) is 0 Å². The SMILES string of the molecule is CN(c1cccc(F)c1)C1(CN)CC(C)(C)OC1(C)C. The molecule has 0 spiro atoms. The first-order valence-corrected chi connectivity index (χ1v) is 7.03. The predicted molar refractivity (Wildman–Crippen MR) is 80.4 cm³/mol. The van der Waals surface area contributed by atoms with Crippen LogP contribution in [0.4, 0.5) is 10.1 Å². The molecule has 2 N–H and O–H groups in total. The van der Waals surface area contributed by atoms with Gasteiger partial charge in [0.05, 0.1) is 16.7 Å². The molecule has 0 radical (unpaired) electrons. The van der Waals surface area contributed by atoms with Crippen LogP contribution in [0.3, 0.4) is 0 Å². The van der Waals surface area contributed by atoms with Gasteiger partial charge in [0.1, 0.15) is 5.82 Å². The molecule has 0 amide bonds. The normalized spacial score (nSPS) is 27.6. The average molecular weight is 280 g/mol. The van der Waals surface area contributed by atoms with Crippen molar-refractivity contribution in [2.75, 3.05) is 18.5 Å². The number of benzene rings is 1. The van der Waals surface area contributed by atoms with Crippen molar-refractivity contribution < 1.29 is 9.13 Å². The molecule has 0 saturated carbocycles. The van der Waals surface area contributed by atoms with Crippen molar-refractivity contribution in [3.8, 4) is 0 Å². The maximum absolute atomic E-state index is 13.5. The van der Waals surface area contributed by atoms with Gasteiger partial charge in [0.2, 0.25) is 0 Å². The number of rotatable bonds is 3. The molecule has 3 nitrogen and oxygen atoms in total. The molecule has 1 aromatic carbocycles. The van der Waals surface area contributed by atoms with Crippen molar-refractivity contribution in [1.82, 2.24) is 0 Å². The Morgan fingerprint density at radius 3 is 2.40 bits per heavy atom. The first-order chi connectivity index (χ1) is 9.13. The van der Waals surface area contributed by atoms with Gasteiger partial charge in [-0.05, 0) is 45.9 Å². The highest BCUT2D eigenvalue weighted by Gasteiger charge is 2.58. The first-order valence-electron chi connectivity index (χ1n) is 7.03. The van der Waals surface area contributed by atoms with Crippen LogP contribution in [0.25, 0.3) is 0 Å². The van der Waals surface area contributed by atoms with E-state index in [9.17, 15) is 4.39 Å². The van der Waals surface area contributed by atoms with Gasteiger partial charge in [-0.1, -0.05) is 6.07 Å². The van der Waals surface area contributed by atoms with Gasteiger partial charge in [-0.3, -0.25) is 0 Å². The summed E-state index contributed by atoms with van der Waals surface area (Å²) in [5.41, 5.74) is 5.94. The highest BCUT2D eigenvalue weighted by molar-refractivity contribution is 5.50. The van der Waals surface area contributed by atoms with Crippen molar-refractivity contribution in [3.63, 3.8) is 0 Å². The molecule has 1 saturated heterocycles. The van der Waals surface area contributed by atoms with Crippen LogP contribution in [0.5, 0.6) is 0 Å². The van der Waals surface area contributed by atoms with Gasteiger partial charge in [0, 0.05) is 25.7 Å². The summed E-state index contributed by atoms with van der Waals surface area (Å²) >= 11 is 0. The zero-order chi connectivity index (χ0) is 15.2. The molecule has 0 aliphatic carbocycles. The van der Waals surface area contributed by atoms with Crippen molar-refractivity contribution >= 4 is 5.69 Å². The molecule has 0 bridgehead atoms. The lowest BCUT2D eigenvalue weighted by atomic mass is 9.77. The van der Waals surface area contributed by atoms with Crippen LogP contribution in [0, 0.1) is 5.82 Å². The van der Waals surface area contributed by atoms with Crippen LogP contribution in [-0.4, -0.2) is 30.3 Å². The molecule has 1 aromatic rings. The molecule has 0 aromatic heterocycles. The first kappa shape index (κ1) is 15.3. The van der Waals surface area contributed by atoms with Crippen LogP contribution in [0.15, 0.2) is 24.3 Å². The highest BCUT2D eigenvalue weighted by Crippen LogP contribution is 2.48. The zero-order valence-electron chi connectivity index (χ0n) is 13.0. The van der Waals surface area contributed by atoms with Crippen LogP contribution in [-0.2, 0) is 4.74 Å². The van der Waals surface area contributed by atoms with Gasteiger partial charge >= 0.3 is 0 Å². The second kappa shape index (κ2) is 4.71. The Labute approximate surface area is 120 Å². The largest absolute Gasteiger partial charge is 0.367 e. The fourth-order valence-corrected chi connectivity index (χ4v) is 3.65. The number of hydrogen-bond donors (Lipinski definition) is 1. The molecule has 20 heavy (non-hydrogen) atoms. The van der Waals surface area contributed by atoms with Gasteiger partial charge in [-0.25, -0.2) is 4.39 Å². The maximum atomic E-state index is 13.5. The topological polar surface area (TPSA) is 38.5 Å². The Hall–Kier alpha value is -1.13. The predicted octanol–water partition coefficient (Wildman–Crippen LogP) is 2.94. The zero-order valence-corrected chi connectivity index (χ0v) is 13.0. The lowest BCUT2D eigenvalue weighted by Gasteiger charge is -2.47. The second-order valence-electron chi connectivity index (χ2n) is 6.82. The van der Waals surface area contributed by atoms with Crippen LogP contribution in [0.1, 0.15) is 34.1 Å². The third-order valence-electron chi connectivity index (χ3n) is 4.55. The van der Waals surface area contributed by atoms with E-state index in [-0.39, 0.29) is 17.0 Å². The number of hydrogen-bond acceptors (Lipinski definition) is 3. The van der Waals surface area contributed by atoms with E-state index in [1.54, 1.807) is 12.1 Å². The van der Waals surface area contributed by atoms with Crippen LogP contribution >= 0.6 is 0 Å². The third-order valence-corrected chi connectivity index (χ3v) is 4.55. The van der Waals surface area contributed by atoms with E-state index in [4.69, 9.17) is 10.5 Å². The highest BCUT2D eigenvalue weighted by atomic mass is 19.1. The Morgan fingerprint density at radius 2 is 1.95 bits per heavy atom. The summed E-state index contributed by atoms with van der Waals surface area (Å²) in [6.45, 7) is 8.72. The lowest BCUT2D eigenvalue weighted by molar-refractivity contribution is -0.0779. The van der Waals surface area contributed by atoms with Crippen molar-refractivity contribution in [1.29, 1.82) is 0 Å². The lowest BCUT2D eigenvalue weighted by Crippen LogP contribution is -2.62. The van der Waals surface area contributed by atoms with E-state index in [1.165, 1.54) is 6.07 Å². The molecule has 2 rings (SSSR count). The number of ether oxygens (including phenoxy) is 1. The fourth-order valence-electron chi connectivity index (χ4n) is 3.65. The number of likely N-dealkylation sites (N-methyl/N-ethyl adjacent to an activating group) is 1. The third kappa shape index (κ3) is 2.31. The summed E-state index contributed by atoms with van der Waals surface area (Å²) in [5.74, 6) is -0.238. The fraction of sp³-hybridized carbons (Fsp3) is 0.625. The smallest absolute Gasteiger partial charge is 0.125 e. The summed E-state index contributed by atoms with van der Waals surface area (Å²) in [4.78, 5) is 2.07. The minimum absolute atomic E-state index is 0.238. The summed E-state index contributed by atoms with van der Waals surface area (Å²) in [7, 11) is 1.97. The van der Waals surface area contributed by atoms with Gasteiger partial charge in [-0.15, -0.1) is 0 Å². The van der Waals surface area contributed by atoms with Crippen molar-refractivity contribution in [2.24, 2.45) is 5.73 Å². The van der Waals surface area contributed by atoms with Crippen LogP contribution in [0.2, 0.25) is 0 Å². The Kier molecular flexibility index (Phi) is 3.59. The molecule has 1 atom stereocenters. The molecule has 1 heterocycles. The molecule has 1 aliphatic heterocycles. The van der Waals surface area contributed by atoms with E-state index < -0.39 is 5.60 Å². The Bertz CT molecular complexity index is 501. The van der Waals surface area contributed by atoms with E-state index in [1.807, 2.05) is 13.1 Å². The van der Waals surface area contributed by atoms with E-state index in [0.29, 0.717) is 6.54 Å². The van der Waals surface area contributed by atoms with E-state index in [0.717, 1.165) is 12.1 Å². The summed E-state index contributed by atoms with van der Waals surface area (Å²) in [6, 6.07) is 6.62. The second-order valence-corrected chi connectivity index (χ2v) is 6.82. The van der Waals surface area contributed by atoms with Gasteiger partial charge in [0.15, 0.2) is 0 Å². The maximum Gasteiger partial charge on any atom is 0.125 e. The standard InChI is InChI=1S/C16H25FN2O/c1-14(2)10-16(11-18,15(3,4)20-14)19(5)13-8-6-7-12(17)9-13/h6-9H,10-11,18H2,1-5H3. The molecule has 1 fully saturated rings. The van der Waals surface area contributed by atoms with Gasteiger partial charge < -0.3 is 15.4 Å². The number of anilines is 1. The summed E-state index contributed by atoms with van der Waals surface area (Å²) < 4.78 is 19.7. The molecular formula is C16H25FN2O. The number of nitrogens with two attached hydrogens (primary N) is 1. The minimum Gasteiger partial charge on any atom is -0.367 e. The van der Waals surface area contributed by atoms with Gasteiger partial charge in [0.25, 0.3) is 0 Å². The van der Waals surface area contributed by atoms with Crippen molar-refractivity contribution in [3.05, 3.63) is 30.1 Å². The molecule has 4 heteroatoms. The molecule has 1 unspecified atom stereocenters. The number of halogens is 1. The van der Waals surface area contributed by atoms with Crippen LogP contribution < -0.4 is 10.6 Å². The quantitative estimate of drug-likeness (QED) is 0.925. The minimum atomic E-state index is -0.410. The average Bonchev–Trinajstić information content (AvgIpc) is 2.53. The molecule has 112 valence electrons. The van der Waals surface area contributed by atoms with E-state index >= 15 is 0 Å². The summed E-state index contributed by atoms with van der Waals surface area (Å²) in [6.07, 6.45) is 0.802.